The largest absolute Gasteiger partial charge is 0.313 e. The summed E-state index contributed by atoms with van der Waals surface area (Å²) in [6.45, 7) is 11.0. The zero-order valence-corrected chi connectivity index (χ0v) is 12.4. The summed E-state index contributed by atoms with van der Waals surface area (Å²) < 4.78 is 0. The number of nitrogens with one attached hydrogen (secondary N) is 1. The van der Waals surface area contributed by atoms with Gasteiger partial charge >= 0.3 is 0 Å². The van der Waals surface area contributed by atoms with Gasteiger partial charge in [-0.15, -0.1) is 11.8 Å². The lowest BCUT2D eigenvalue weighted by Gasteiger charge is -2.14. The van der Waals surface area contributed by atoms with E-state index in [0.29, 0.717) is 5.25 Å². The predicted octanol–water partition coefficient (Wildman–Crippen LogP) is 4.39. The van der Waals surface area contributed by atoms with Gasteiger partial charge in [0.25, 0.3) is 0 Å². The minimum absolute atomic E-state index is 0.697. The quantitative estimate of drug-likeness (QED) is 0.570. The Balaban J connectivity index is 2.72. The lowest BCUT2D eigenvalue weighted by atomic mass is 10.1. The van der Waals surface area contributed by atoms with E-state index in [0.717, 1.165) is 13.1 Å². The van der Waals surface area contributed by atoms with Crippen molar-refractivity contribution >= 4 is 11.8 Å². The van der Waals surface area contributed by atoms with E-state index >= 15 is 0 Å². The molecular formula is C15H25NS. The molecule has 0 saturated heterocycles. The van der Waals surface area contributed by atoms with E-state index in [2.05, 4.69) is 51.2 Å². The van der Waals surface area contributed by atoms with Gasteiger partial charge in [-0.2, -0.15) is 0 Å². The molecule has 0 aromatic heterocycles. The third-order valence-corrected chi connectivity index (χ3v) is 4.25. The van der Waals surface area contributed by atoms with Crippen molar-refractivity contribution in [3.05, 3.63) is 29.3 Å². The fourth-order valence-electron chi connectivity index (χ4n) is 1.66. The molecule has 0 aliphatic heterocycles. The Morgan fingerprint density at radius 1 is 1.29 bits per heavy atom. The van der Waals surface area contributed by atoms with E-state index in [4.69, 9.17) is 0 Å². The third kappa shape index (κ3) is 5.13. The number of rotatable bonds is 7. The van der Waals surface area contributed by atoms with Gasteiger partial charge in [0.15, 0.2) is 0 Å². The topological polar surface area (TPSA) is 12.0 Å². The fraction of sp³-hybridized carbons (Fsp3) is 0.600. The molecule has 0 spiro atoms. The van der Waals surface area contributed by atoms with Crippen molar-refractivity contribution < 1.29 is 0 Å². The standard InChI is InChI=1S/C15H25NS/c1-5-9-16-11-14-10-12(3)7-8-15(14)17-13(4)6-2/h7-8,10,13,16H,5-6,9,11H2,1-4H3. The maximum absolute atomic E-state index is 3.50. The highest BCUT2D eigenvalue weighted by Crippen LogP contribution is 2.29. The Kier molecular flexibility index (Phi) is 6.68. The molecule has 1 unspecified atom stereocenters. The van der Waals surface area contributed by atoms with Crippen molar-refractivity contribution in [2.75, 3.05) is 6.54 Å². The van der Waals surface area contributed by atoms with E-state index in [9.17, 15) is 0 Å². The molecule has 0 saturated carbocycles. The zero-order chi connectivity index (χ0) is 12.7. The van der Waals surface area contributed by atoms with Crippen molar-refractivity contribution in [3.63, 3.8) is 0 Å². The van der Waals surface area contributed by atoms with E-state index in [1.165, 1.54) is 28.9 Å². The van der Waals surface area contributed by atoms with Crippen LogP contribution in [-0.4, -0.2) is 11.8 Å². The molecule has 1 rings (SSSR count). The van der Waals surface area contributed by atoms with Crippen LogP contribution in [0.15, 0.2) is 23.1 Å². The summed E-state index contributed by atoms with van der Waals surface area (Å²) in [5.41, 5.74) is 2.80. The first-order valence-electron chi connectivity index (χ1n) is 6.64. The second-order valence-corrected chi connectivity index (χ2v) is 6.10. The van der Waals surface area contributed by atoms with Gasteiger partial charge in [-0.05, 0) is 37.9 Å². The van der Waals surface area contributed by atoms with Crippen LogP contribution in [0.3, 0.4) is 0 Å². The van der Waals surface area contributed by atoms with E-state index in [1.807, 2.05) is 11.8 Å². The predicted molar refractivity (Wildman–Crippen MR) is 78.8 cm³/mol. The van der Waals surface area contributed by atoms with Gasteiger partial charge in [-0.25, -0.2) is 0 Å². The normalized spacial score (nSPS) is 12.7. The molecule has 1 atom stereocenters. The van der Waals surface area contributed by atoms with Crippen molar-refractivity contribution in [3.8, 4) is 0 Å². The van der Waals surface area contributed by atoms with Crippen LogP contribution in [-0.2, 0) is 6.54 Å². The third-order valence-electron chi connectivity index (χ3n) is 2.86. The van der Waals surface area contributed by atoms with Crippen molar-refractivity contribution in [1.29, 1.82) is 0 Å². The number of hydrogen-bond donors (Lipinski definition) is 1. The first kappa shape index (κ1) is 14.6. The van der Waals surface area contributed by atoms with Gasteiger partial charge in [0.2, 0.25) is 0 Å². The molecular weight excluding hydrogens is 226 g/mol. The van der Waals surface area contributed by atoms with Crippen molar-refractivity contribution in [2.24, 2.45) is 0 Å². The molecule has 96 valence electrons. The van der Waals surface area contributed by atoms with Gasteiger partial charge < -0.3 is 5.32 Å². The molecule has 1 aromatic carbocycles. The number of benzene rings is 1. The average molecular weight is 251 g/mol. The minimum atomic E-state index is 0.697. The van der Waals surface area contributed by atoms with Crippen LogP contribution in [0.2, 0.25) is 0 Å². The second-order valence-electron chi connectivity index (χ2n) is 4.62. The Labute approximate surface area is 110 Å². The van der Waals surface area contributed by atoms with Crippen molar-refractivity contribution in [1.82, 2.24) is 5.32 Å². The SMILES string of the molecule is CCCNCc1cc(C)ccc1SC(C)CC. The van der Waals surface area contributed by atoms with Crippen LogP contribution in [0.1, 0.15) is 44.7 Å². The lowest BCUT2D eigenvalue weighted by Crippen LogP contribution is -2.14. The van der Waals surface area contributed by atoms with Gasteiger partial charge in [0.1, 0.15) is 0 Å². The Morgan fingerprint density at radius 3 is 2.71 bits per heavy atom. The molecule has 2 heteroatoms. The Hall–Kier alpha value is -0.470. The molecule has 0 bridgehead atoms. The van der Waals surface area contributed by atoms with Gasteiger partial charge in [0.05, 0.1) is 0 Å². The Bertz CT molecular complexity index is 336. The van der Waals surface area contributed by atoms with Crippen LogP contribution >= 0.6 is 11.8 Å². The van der Waals surface area contributed by atoms with E-state index in [1.54, 1.807) is 0 Å². The van der Waals surface area contributed by atoms with Gasteiger partial charge in [-0.3, -0.25) is 0 Å². The molecule has 0 aliphatic rings. The van der Waals surface area contributed by atoms with Gasteiger partial charge in [0, 0.05) is 16.7 Å². The summed E-state index contributed by atoms with van der Waals surface area (Å²) in [5.74, 6) is 0. The molecule has 1 N–H and O–H groups in total. The minimum Gasteiger partial charge on any atom is -0.313 e. The highest BCUT2D eigenvalue weighted by molar-refractivity contribution is 8.00. The van der Waals surface area contributed by atoms with Crippen LogP contribution in [0, 0.1) is 6.92 Å². The molecule has 0 heterocycles. The summed E-state index contributed by atoms with van der Waals surface area (Å²) in [7, 11) is 0. The van der Waals surface area contributed by atoms with Crippen LogP contribution < -0.4 is 5.32 Å². The van der Waals surface area contributed by atoms with E-state index < -0.39 is 0 Å². The van der Waals surface area contributed by atoms with Crippen LogP contribution in [0.4, 0.5) is 0 Å². The summed E-state index contributed by atoms with van der Waals surface area (Å²) in [6, 6.07) is 6.80. The fourth-order valence-corrected chi connectivity index (χ4v) is 2.69. The zero-order valence-electron chi connectivity index (χ0n) is 11.5. The number of hydrogen-bond acceptors (Lipinski definition) is 2. The second kappa shape index (κ2) is 7.78. The monoisotopic (exact) mass is 251 g/mol. The number of aryl methyl sites for hydroxylation is 1. The maximum atomic E-state index is 3.50. The van der Waals surface area contributed by atoms with Gasteiger partial charge in [-0.1, -0.05) is 38.5 Å². The molecule has 0 aliphatic carbocycles. The highest BCUT2D eigenvalue weighted by atomic mass is 32.2. The van der Waals surface area contributed by atoms with Crippen LogP contribution in [0.25, 0.3) is 0 Å². The maximum Gasteiger partial charge on any atom is 0.0216 e. The van der Waals surface area contributed by atoms with Crippen molar-refractivity contribution in [2.45, 2.75) is 57.2 Å². The molecule has 1 nitrogen and oxygen atoms in total. The molecule has 0 radical (unpaired) electrons. The van der Waals surface area contributed by atoms with E-state index in [-0.39, 0.29) is 0 Å². The summed E-state index contributed by atoms with van der Waals surface area (Å²) >= 11 is 2.00. The first-order chi connectivity index (χ1) is 8.17. The molecule has 17 heavy (non-hydrogen) atoms. The summed E-state index contributed by atoms with van der Waals surface area (Å²) in [5, 5.41) is 4.19. The molecule has 0 amide bonds. The number of thioether (sulfide) groups is 1. The molecule has 0 fully saturated rings. The highest BCUT2D eigenvalue weighted by Gasteiger charge is 2.07. The van der Waals surface area contributed by atoms with Crippen LogP contribution in [0.5, 0.6) is 0 Å². The first-order valence-corrected chi connectivity index (χ1v) is 7.52. The summed E-state index contributed by atoms with van der Waals surface area (Å²) in [6.07, 6.45) is 2.42. The molecule has 1 aromatic rings. The summed E-state index contributed by atoms with van der Waals surface area (Å²) in [4.78, 5) is 1.44. The average Bonchev–Trinajstić information content (AvgIpc) is 2.32. The smallest absolute Gasteiger partial charge is 0.0216 e. The lowest BCUT2D eigenvalue weighted by molar-refractivity contribution is 0.669. The Morgan fingerprint density at radius 2 is 2.06 bits per heavy atom.